The number of nitrogens with zero attached hydrogens (tertiary/aromatic N) is 4. The Kier molecular flexibility index (Phi) is 4.60. The molecule has 31 heavy (non-hydrogen) atoms. The first-order valence-corrected chi connectivity index (χ1v) is 12.0. The number of aryl methyl sites for hydroxylation is 1. The van der Waals surface area contributed by atoms with E-state index in [1.807, 2.05) is 36.8 Å². The minimum atomic E-state index is 0.0970. The molecule has 7 heteroatoms. The highest BCUT2D eigenvalue weighted by Crippen LogP contribution is 2.39. The van der Waals surface area contributed by atoms with E-state index in [-0.39, 0.29) is 12.0 Å². The number of pyridine rings is 1. The van der Waals surface area contributed by atoms with Gasteiger partial charge in [0.05, 0.1) is 15.7 Å². The first-order chi connectivity index (χ1) is 15.2. The molecule has 2 aliphatic heterocycles. The van der Waals surface area contributed by atoms with Gasteiger partial charge in [0.15, 0.2) is 0 Å². The van der Waals surface area contributed by atoms with Crippen LogP contribution in [-0.2, 0) is 4.79 Å². The average Bonchev–Trinajstić information content (AvgIpc) is 3.32. The first-order valence-electron chi connectivity index (χ1n) is 11.1. The minimum Gasteiger partial charge on any atom is -0.489 e. The molecule has 2 bridgehead atoms. The number of benzene rings is 1. The molecule has 3 aromatic rings. The highest BCUT2D eigenvalue weighted by molar-refractivity contribution is 7.17. The van der Waals surface area contributed by atoms with Crippen molar-refractivity contribution in [1.29, 1.82) is 0 Å². The maximum atomic E-state index is 13.2. The van der Waals surface area contributed by atoms with E-state index in [1.54, 1.807) is 11.3 Å². The van der Waals surface area contributed by atoms with Crippen molar-refractivity contribution in [2.75, 3.05) is 18.0 Å². The van der Waals surface area contributed by atoms with Crippen LogP contribution in [0, 0.1) is 12.8 Å². The van der Waals surface area contributed by atoms with E-state index in [0.717, 1.165) is 60.4 Å². The number of carbonyl (C=O) groups is 1. The van der Waals surface area contributed by atoms with Crippen LogP contribution in [0.3, 0.4) is 0 Å². The van der Waals surface area contributed by atoms with Gasteiger partial charge in [-0.25, -0.2) is 4.98 Å². The molecule has 0 N–H and O–H groups in total. The second-order valence-corrected chi connectivity index (χ2v) is 9.91. The number of ether oxygens (including phenoxy) is 1. The molecule has 2 saturated heterocycles. The van der Waals surface area contributed by atoms with Gasteiger partial charge in [-0.05, 0) is 56.9 Å². The maximum Gasteiger partial charge on any atom is 0.226 e. The van der Waals surface area contributed by atoms with Crippen molar-refractivity contribution >= 4 is 33.1 Å². The third kappa shape index (κ3) is 3.35. The molecule has 6 nitrogen and oxygen atoms in total. The van der Waals surface area contributed by atoms with Crippen LogP contribution in [0.5, 0.6) is 5.75 Å². The Morgan fingerprint density at radius 3 is 2.71 bits per heavy atom. The van der Waals surface area contributed by atoms with Gasteiger partial charge in [0.25, 0.3) is 0 Å². The van der Waals surface area contributed by atoms with Crippen molar-refractivity contribution < 1.29 is 9.53 Å². The molecule has 1 aromatic carbocycles. The Bertz CT molecular complexity index is 1110. The molecule has 4 heterocycles. The molecule has 1 saturated carbocycles. The predicted molar refractivity (Wildman–Crippen MR) is 122 cm³/mol. The molecule has 3 aliphatic rings. The Balaban J connectivity index is 1.08. The zero-order valence-electron chi connectivity index (χ0n) is 17.6. The summed E-state index contributed by atoms with van der Waals surface area (Å²) in [5.41, 5.74) is 5.13. The summed E-state index contributed by atoms with van der Waals surface area (Å²) in [6, 6.07) is 11.1. The highest BCUT2D eigenvalue weighted by atomic mass is 32.1. The molecule has 2 aromatic heterocycles. The lowest BCUT2D eigenvalue weighted by atomic mass is 9.81. The molecular weight excluding hydrogens is 408 g/mol. The molecule has 1 amide bonds. The number of rotatable bonds is 4. The Morgan fingerprint density at radius 2 is 1.94 bits per heavy atom. The predicted octanol–water partition coefficient (Wildman–Crippen LogP) is 4.04. The van der Waals surface area contributed by atoms with Crippen LogP contribution < -0.4 is 9.64 Å². The van der Waals surface area contributed by atoms with Gasteiger partial charge in [0.2, 0.25) is 5.91 Å². The summed E-state index contributed by atoms with van der Waals surface area (Å²) in [5.74, 6) is 1.31. The molecular formula is C24H26N4O2S. The fourth-order valence-electron chi connectivity index (χ4n) is 5.45. The molecule has 6 rings (SSSR count). The largest absolute Gasteiger partial charge is 0.489 e. The normalized spacial score (nSPS) is 27.4. The lowest BCUT2D eigenvalue weighted by Gasteiger charge is -2.45. The number of likely N-dealkylation sites (tertiary alicyclic amines) is 1. The van der Waals surface area contributed by atoms with Gasteiger partial charge in [0, 0.05) is 48.7 Å². The van der Waals surface area contributed by atoms with Crippen LogP contribution >= 0.6 is 11.3 Å². The van der Waals surface area contributed by atoms with Crippen molar-refractivity contribution in [2.45, 2.75) is 50.8 Å². The summed E-state index contributed by atoms with van der Waals surface area (Å²) >= 11 is 1.61. The van der Waals surface area contributed by atoms with Gasteiger partial charge in [-0.2, -0.15) is 0 Å². The summed E-state index contributed by atoms with van der Waals surface area (Å²) in [5, 5.41) is 0. The lowest BCUT2D eigenvalue weighted by molar-refractivity contribution is -0.142. The van der Waals surface area contributed by atoms with Crippen LogP contribution in [0.4, 0.5) is 5.69 Å². The van der Waals surface area contributed by atoms with Gasteiger partial charge < -0.3 is 14.5 Å². The number of hydrogen-bond donors (Lipinski definition) is 0. The highest BCUT2D eigenvalue weighted by Gasteiger charge is 2.45. The number of hydrogen-bond acceptors (Lipinski definition) is 6. The number of anilines is 1. The van der Waals surface area contributed by atoms with Crippen LogP contribution in [0.15, 0.2) is 42.0 Å². The standard InChI is InChI=1S/C24H26N4O2S/c1-15-9-17(7-8-25-15)28-18-5-6-19(28)13-27(12-18)24(29)16-10-20(11-16)30-22-4-2-3-21-23(22)31-14-26-21/h2-4,7-9,14,16,18-20H,5-6,10-13H2,1H3/t16?,18-,19+,20?. The average molecular weight is 435 g/mol. The summed E-state index contributed by atoms with van der Waals surface area (Å²) in [6.07, 6.45) is 5.96. The molecule has 0 unspecified atom stereocenters. The molecule has 1 aliphatic carbocycles. The Hall–Kier alpha value is -2.67. The molecule has 0 radical (unpaired) electrons. The third-order valence-corrected chi connectivity index (χ3v) is 7.89. The van der Waals surface area contributed by atoms with Crippen molar-refractivity contribution in [3.8, 4) is 5.75 Å². The SMILES string of the molecule is Cc1cc(N2[C@@H]3CC[C@H]2CN(C(=O)C2CC(Oc4cccc5ncsc45)C2)C3)ccn1. The zero-order chi connectivity index (χ0) is 20.9. The van der Waals surface area contributed by atoms with E-state index in [2.05, 4.69) is 31.9 Å². The van der Waals surface area contributed by atoms with Crippen LogP contribution in [0.2, 0.25) is 0 Å². The van der Waals surface area contributed by atoms with Crippen LogP contribution in [-0.4, -0.2) is 52.1 Å². The van der Waals surface area contributed by atoms with E-state index >= 15 is 0 Å². The summed E-state index contributed by atoms with van der Waals surface area (Å²) in [4.78, 5) is 26.5. The zero-order valence-corrected chi connectivity index (χ0v) is 18.4. The van der Waals surface area contributed by atoms with Crippen molar-refractivity contribution in [1.82, 2.24) is 14.9 Å². The Morgan fingerprint density at radius 1 is 1.13 bits per heavy atom. The summed E-state index contributed by atoms with van der Waals surface area (Å²) in [7, 11) is 0. The fraction of sp³-hybridized carbons (Fsp3) is 0.458. The lowest BCUT2D eigenvalue weighted by Crippen LogP contribution is -2.58. The third-order valence-electron chi connectivity index (χ3n) is 7.03. The van der Waals surface area contributed by atoms with Gasteiger partial charge in [-0.15, -0.1) is 11.3 Å². The smallest absolute Gasteiger partial charge is 0.226 e. The topological polar surface area (TPSA) is 58.6 Å². The van der Waals surface area contributed by atoms with Crippen LogP contribution in [0.25, 0.3) is 10.2 Å². The van der Waals surface area contributed by atoms with Gasteiger partial charge in [0.1, 0.15) is 11.9 Å². The van der Waals surface area contributed by atoms with Crippen molar-refractivity contribution in [3.63, 3.8) is 0 Å². The minimum absolute atomic E-state index is 0.0970. The molecule has 160 valence electrons. The van der Waals surface area contributed by atoms with E-state index < -0.39 is 0 Å². The van der Waals surface area contributed by atoms with Crippen molar-refractivity contribution in [2.24, 2.45) is 5.92 Å². The monoisotopic (exact) mass is 434 g/mol. The van der Waals surface area contributed by atoms with Gasteiger partial charge >= 0.3 is 0 Å². The molecule has 2 atom stereocenters. The summed E-state index contributed by atoms with van der Waals surface area (Å²) in [6.45, 7) is 3.70. The molecule has 3 fully saturated rings. The quantitative estimate of drug-likeness (QED) is 0.620. The number of piperazine rings is 1. The number of fused-ring (bicyclic) bond motifs is 3. The van der Waals surface area contributed by atoms with E-state index in [9.17, 15) is 4.79 Å². The van der Waals surface area contributed by atoms with E-state index in [1.165, 1.54) is 5.69 Å². The van der Waals surface area contributed by atoms with Crippen molar-refractivity contribution in [3.05, 3.63) is 47.7 Å². The second-order valence-electron chi connectivity index (χ2n) is 9.06. The number of amides is 1. The molecule has 0 spiro atoms. The van der Waals surface area contributed by atoms with E-state index in [4.69, 9.17) is 4.74 Å². The number of thiazole rings is 1. The number of aromatic nitrogens is 2. The second kappa shape index (κ2) is 7.48. The number of carbonyl (C=O) groups excluding carboxylic acids is 1. The Labute approximate surface area is 185 Å². The van der Waals surface area contributed by atoms with E-state index in [0.29, 0.717) is 18.0 Å². The van der Waals surface area contributed by atoms with Crippen LogP contribution in [0.1, 0.15) is 31.4 Å². The summed E-state index contributed by atoms with van der Waals surface area (Å²) < 4.78 is 7.31. The van der Waals surface area contributed by atoms with Gasteiger partial charge in [-0.1, -0.05) is 6.07 Å². The van der Waals surface area contributed by atoms with Gasteiger partial charge in [-0.3, -0.25) is 9.78 Å². The maximum absolute atomic E-state index is 13.2. The first kappa shape index (κ1) is 19.0. The fourth-order valence-corrected chi connectivity index (χ4v) is 6.20.